The predicted octanol–water partition coefficient (Wildman–Crippen LogP) is 4.48. The minimum atomic E-state index is -4.56. The third kappa shape index (κ3) is 5.47. The van der Waals surface area contributed by atoms with Crippen molar-refractivity contribution in [3.63, 3.8) is 0 Å². The van der Waals surface area contributed by atoms with Crippen LogP contribution in [0.3, 0.4) is 0 Å². The van der Waals surface area contributed by atoms with E-state index in [1.54, 1.807) is 19.1 Å². The molecule has 170 valence electrons. The van der Waals surface area contributed by atoms with Crippen LogP contribution in [0.15, 0.2) is 57.9 Å². The normalized spacial score (nSPS) is 11.9. The number of carbonyl (C=O) groups excluding carboxylic acids is 1. The van der Waals surface area contributed by atoms with Gasteiger partial charge in [-0.3, -0.25) is 4.79 Å². The highest BCUT2D eigenvalue weighted by Gasteiger charge is 2.30. The van der Waals surface area contributed by atoms with Crippen molar-refractivity contribution in [3.8, 4) is 17.1 Å². The van der Waals surface area contributed by atoms with Crippen LogP contribution in [-0.2, 0) is 20.8 Å². The van der Waals surface area contributed by atoms with Gasteiger partial charge in [0.25, 0.3) is 0 Å². The van der Waals surface area contributed by atoms with E-state index in [2.05, 4.69) is 10.5 Å². The second-order valence-electron chi connectivity index (χ2n) is 6.89. The van der Waals surface area contributed by atoms with Crippen molar-refractivity contribution >= 4 is 21.4 Å². The second kappa shape index (κ2) is 9.03. The Morgan fingerprint density at radius 1 is 1.16 bits per heavy atom. The van der Waals surface area contributed by atoms with Crippen LogP contribution in [0.2, 0.25) is 0 Å². The monoisotopic (exact) mass is 468 g/mol. The summed E-state index contributed by atoms with van der Waals surface area (Å²) in [5, 5.41) is 6.06. The van der Waals surface area contributed by atoms with E-state index < -0.39 is 39.7 Å². The van der Waals surface area contributed by atoms with Crippen LogP contribution in [0.4, 0.5) is 18.9 Å². The number of halogens is 3. The fourth-order valence-corrected chi connectivity index (χ4v) is 4.34. The van der Waals surface area contributed by atoms with Crippen LogP contribution in [0, 0.1) is 6.92 Å². The molecule has 0 saturated heterocycles. The van der Waals surface area contributed by atoms with Crippen LogP contribution >= 0.6 is 0 Å². The fourth-order valence-electron chi connectivity index (χ4n) is 2.91. The average Bonchev–Trinajstić information content (AvgIpc) is 3.18. The van der Waals surface area contributed by atoms with Gasteiger partial charge < -0.3 is 14.6 Å². The summed E-state index contributed by atoms with van der Waals surface area (Å²) in [7, 11) is -2.66. The third-order valence-corrected chi connectivity index (χ3v) is 6.21. The molecule has 0 spiro atoms. The van der Waals surface area contributed by atoms with Crippen LogP contribution < -0.4 is 10.1 Å². The quantitative estimate of drug-likeness (QED) is 0.549. The molecule has 0 aliphatic carbocycles. The summed E-state index contributed by atoms with van der Waals surface area (Å²) in [6.45, 7) is 1.72. The number of benzene rings is 2. The highest BCUT2D eigenvalue weighted by Crippen LogP contribution is 2.32. The third-order valence-electron chi connectivity index (χ3n) is 4.48. The second-order valence-corrected chi connectivity index (χ2v) is 8.97. The number of nitrogens with one attached hydrogen (secondary N) is 1. The van der Waals surface area contributed by atoms with E-state index in [9.17, 15) is 26.4 Å². The Balaban J connectivity index is 1.75. The molecule has 11 heteroatoms. The van der Waals surface area contributed by atoms with Crippen LogP contribution in [-0.4, -0.2) is 32.3 Å². The summed E-state index contributed by atoms with van der Waals surface area (Å²) >= 11 is 0. The number of methoxy groups -OCH3 is 1. The molecule has 0 bridgehead atoms. The van der Waals surface area contributed by atoms with E-state index in [0.29, 0.717) is 17.0 Å². The number of ether oxygens (including phenoxy) is 1. The lowest BCUT2D eigenvalue weighted by Gasteiger charge is -2.12. The van der Waals surface area contributed by atoms with Gasteiger partial charge >= 0.3 is 6.18 Å². The van der Waals surface area contributed by atoms with E-state index in [1.807, 2.05) is 0 Å². The van der Waals surface area contributed by atoms with Crippen molar-refractivity contribution < 1.29 is 35.6 Å². The van der Waals surface area contributed by atoms with E-state index in [0.717, 1.165) is 18.2 Å². The molecule has 0 aliphatic rings. The van der Waals surface area contributed by atoms with Crippen molar-refractivity contribution in [2.75, 3.05) is 18.2 Å². The average molecular weight is 468 g/mol. The largest absolute Gasteiger partial charge is 0.495 e. The zero-order chi connectivity index (χ0) is 23.5. The van der Waals surface area contributed by atoms with E-state index in [1.165, 1.54) is 25.3 Å². The number of carbonyl (C=O) groups is 1. The summed E-state index contributed by atoms with van der Waals surface area (Å²) in [6.07, 6.45) is -5.03. The Morgan fingerprint density at radius 3 is 2.53 bits per heavy atom. The van der Waals surface area contributed by atoms with Crippen molar-refractivity contribution in [1.29, 1.82) is 0 Å². The Hall–Kier alpha value is -3.34. The molecule has 3 rings (SSSR count). The zero-order valence-electron chi connectivity index (χ0n) is 17.1. The van der Waals surface area contributed by atoms with Gasteiger partial charge in [0.2, 0.25) is 5.91 Å². The van der Waals surface area contributed by atoms with E-state index >= 15 is 0 Å². The van der Waals surface area contributed by atoms with Crippen LogP contribution in [0.1, 0.15) is 17.7 Å². The molecule has 7 nitrogen and oxygen atoms in total. The Morgan fingerprint density at radius 2 is 1.91 bits per heavy atom. The number of nitrogens with zero attached hydrogens (tertiary/aromatic N) is 1. The maximum Gasteiger partial charge on any atom is 0.416 e. The molecule has 32 heavy (non-hydrogen) atoms. The van der Waals surface area contributed by atoms with Gasteiger partial charge in [0.05, 0.1) is 24.1 Å². The van der Waals surface area contributed by atoms with Gasteiger partial charge in [-0.15, -0.1) is 0 Å². The summed E-state index contributed by atoms with van der Waals surface area (Å²) in [5.41, 5.74) is 0.0690. The first-order valence-electron chi connectivity index (χ1n) is 9.31. The molecule has 2 aromatic carbocycles. The molecule has 0 saturated carbocycles. The molecule has 0 aliphatic heterocycles. The summed E-state index contributed by atoms with van der Waals surface area (Å²) in [4.78, 5) is 12.0. The Labute approximate surface area is 182 Å². The number of rotatable bonds is 7. The standard InChI is InChI=1S/C21H19F3N2O5S/c1-13-10-18(31-26-13)14-6-7-17(30-2)19(11-14)32(28,29)9-8-20(27)25-16-5-3-4-15(12-16)21(22,23)24/h3-7,10-12H,8-9H2,1-2H3,(H,25,27). The highest BCUT2D eigenvalue weighted by atomic mass is 32.2. The summed E-state index contributed by atoms with van der Waals surface area (Å²) in [5.74, 6) is -0.867. The van der Waals surface area contributed by atoms with Gasteiger partial charge in [0.15, 0.2) is 15.6 Å². The van der Waals surface area contributed by atoms with Crippen LogP contribution in [0.25, 0.3) is 11.3 Å². The maximum atomic E-state index is 12.9. The lowest BCUT2D eigenvalue weighted by atomic mass is 10.1. The smallest absolute Gasteiger partial charge is 0.416 e. The van der Waals surface area contributed by atoms with Crippen molar-refractivity contribution in [1.82, 2.24) is 5.16 Å². The number of amides is 1. The molecule has 0 atom stereocenters. The number of sulfone groups is 1. The highest BCUT2D eigenvalue weighted by molar-refractivity contribution is 7.91. The maximum absolute atomic E-state index is 12.9. The first-order valence-corrected chi connectivity index (χ1v) is 11.0. The SMILES string of the molecule is COc1ccc(-c2cc(C)no2)cc1S(=O)(=O)CCC(=O)Nc1cccc(C(F)(F)F)c1. The molecule has 3 aromatic rings. The molecular weight excluding hydrogens is 449 g/mol. The first kappa shape index (κ1) is 23.3. The van der Waals surface area contributed by atoms with Crippen molar-refractivity contribution in [2.24, 2.45) is 0 Å². The number of hydrogen-bond acceptors (Lipinski definition) is 6. The molecule has 1 amide bonds. The summed E-state index contributed by atoms with van der Waals surface area (Å²) < 4.78 is 74.5. The number of anilines is 1. The zero-order valence-corrected chi connectivity index (χ0v) is 17.9. The van der Waals surface area contributed by atoms with Gasteiger partial charge in [-0.2, -0.15) is 13.2 Å². The topological polar surface area (TPSA) is 98.5 Å². The van der Waals surface area contributed by atoms with Crippen molar-refractivity contribution in [3.05, 3.63) is 59.8 Å². The lowest BCUT2D eigenvalue weighted by Crippen LogP contribution is -2.18. The van der Waals surface area contributed by atoms with Gasteiger partial charge in [0, 0.05) is 23.7 Å². The molecule has 1 heterocycles. The molecule has 1 N–H and O–H groups in total. The minimum Gasteiger partial charge on any atom is -0.495 e. The minimum absolute atomic E-state index is 0.0810. The molecule has 1 aromatic heterocycles. The van der Waals surface area contributed by atoms with Gasteiger partial charge in [-0.25, -0.2) is 8.42 Å². The number of aromatic nitrogens is 1. The molecule has 0 fully saturated rings. The Bertz CT molecular complexity index is 1240. The predicted molar refractivity (Wildman–Crippen MR) is 110 cm³/mol. The molecular formula is C21H19F3N2O5S. The molecule has 0 radical (unpaired) electrons. The van der Waals surface area contributed by atoms with E-state index in [4.69, 9.17) is 9.26 Å². The fraction of sp³-hybridized carbons (Fsp3) is 0.238. The van der Waals surface area contributed by atoms with E-state index in [-0.39, 0.29) is 16.3 Å². The number of alkyl halides is 3. The van der Waals surface area contributed by atoms with Crippen molar-refractivity contribution in [2.45, 2.75) is 24.4 Å². The summed E-state index contributed by atoms with van der Waals surface area (Å²) in [6, 6.07) is 10.2. The lowest BCUT2D eigenvalue weighted by molar-refractivity contribution is -0.137. The Kier molecular flexibility index (Phi) is 6.58. The first-order chi connectivity index (χ1) is 15.0. The molecule has 0 unspecified atom stereocenters. The van der Waals surface area contributed by atoms with Crippen LogP contribution in [0.5, 0.6) is 5.75 Å². The van der Waals surface area contributed by atoms with Gasteiger partial charge in [-0.05, 0) is 43.3 Å². The number of hydrogen-bond donors (Lipinski definition) is 1. The van der Waals surface area contributed by atoms with Gasteiger partial charge in [-0.1, -0.05) is 11.2 Å². The number of aryl methyl sites for hydroxylation is 1. The van der Waals surface area contributed by atoms with Gasteiger partial charge in [0.1, 0.15) is 10.6 Å².